The third-order valence-corrected chi connectivity index (χ3v) is 5.27. The molecule has 7 nitrogen and oxygen atoms in total. The SMILES string of the molecule is Cc1nn(-c2ncc(C(=O)NC3CCC(O)CC3)cn2)c2c(Cl)cccc12. The van der Waals surface area contributed by atoms with E-state index in [1.165, 1.54) is 12.4 Å². The number of fused-ring (bicyclic) bond motifs is 1. The van der Waals surface area contributed by atoms with Crippen LogP contribution in [0.3, 0.4) is 0 Å². The van der Waals surface area contributed by atoms with Crippen LogP contribution in [-0.4, -0.2) is 42.9 Å². The molecule has 27 heavy (non-hydrogen) atoms. The first-order chi connectivity index (χ1) is 13.0. The fraction of sp³-hybridized carbons (Fsp3) is 0.368. The van der Waals surface area contributed by atoms with Crippen molar-refractivity contribution >= 4 is 28.4 Å². The lowest BCUT2D eigenvalue weighted by molar-refractivity contribution is 0.0867. The molecule has 1 aliphatic rings. The maximum Gasteiger partial charge on any atom is 0.254 e. The van der Waals surface area contributed by atoms with E-state index in [-0.39, 0.29) is 18.1 Å². The van der Waals surface area contributed by atoms with E-state index in [1.807, 2.05) is 19.1 Å². The smallest absolute Gasteiger partial charge is 0.254 e. The van der Waals surface area contributed by atoms with Crippen molar-refractivity contribution in [2.24, 2.45) is 0 Å². The van der Waals surface area contributed by atoms with Crippen LogP contribution in [0.5, 0.6) is 0 Å². The third-order valence-electron chi connectivity index (χ3n) is 4.96. The summed E-state index contributed by atoms with van der Waals surface area (Å²) >= 11 is 6.33. The summed E-state index contributed by atoms with van der Waals surface area (Å²) in [7, 11) is 0. The molecule has 0 saturated heterocycles. The van der Waals surface area contributed by atoms with Crippen LogP contribution in [-0.2, 0) is 0 Å². The van der Waals surface area contributed by atoms with Crippen LogP contribution < -0.4 is 5.32 Å². The number of amides is 1. The molecular formula is C19H20ClN5O2. The van der Waals surface area contributed by atoms with Crippen molar-refractivity contribution in [3.63, 3.8) is 0 Å². The van der Waals surface area contributed by atoms with Gasteiger partial charge < -0.3 is 10.4 Å². The number of para-hydroxylation sites is 1. The highest BCUT2D eigenvalue weighted by molar-refractivity contribution is 6.35. The first kappa shape index (κ1) is 17.9. The Labute approximate surface area is 161 Å². The fourth-order valence-corrected chi connectivity index (χ4v) is 3.71. The minimum absolute atomic E-state index is 0.0806. The quantitative estimate of drug-likeness (QED) is 0.723. The number of aromatic nitrogens is 4. The molecule has 8 heteroatoms. The number of rotatable bonds is 3. The summed E-state index contributed by atoms with van der Waals surface area (Å²) in [6.07, 6.45) is 5.73. The van der Waals surface area contributed by atoms with Crippen molar-refractivity contribution < 1.29 is 9.90 Å². The molecule has 1 saturated carbocycles. The number of aliphatic hydroxyl groups excluding tert-OH is 1. The maximum atomic E-state index is 12.4. The zero-order valence-corrected chi connectivity index (χ0v) is 15.6. The van der Waals surface area contributed by atoms with Gasteiger partial charge in [-0.3, -0.25) is 4.79 Å². The Hall–Kier alpha value is -2.51. The average Bonchev–Trinajstić information content (AvgIpc) is 3.02. The second-order valence-electron chi connectivity index (χ2n) is 6.88. The molecule has 1 aliphatic carbocycles. The molecule has 1 fully saturated rings. The van der Waals surface area contributed by atoms with Crippen molar-refractivity contribution in [1.29, 1.82) is 0 Å². The van der Waals surface area contributed by atoms with Gasteiger partial charge in [-0.15, -0.1) is 0 Å². The van der Waals surface area contributed by atoms with Crippen LogP contribution in [0.2, 0.25) is 5.02 Å². The second kappa shape index (κ2) is 7.25. The van der Waals surface area contributed by atoms with Crippen LogP contribution in [0.25, 0.3) is 16.9 Å². The van der Waals surface area contributed by atoms with Crippen LogP contribution in [0.1, 0.15) is 41.7 Å². The Bertz CT molecular complexity index is 978. The van der Waals surface area contributed by atoms with E-state index in [0.717, 1.165) is 29.4 Å². The molecule has 0 atom stereocenters. The van der Waals surface area contributed by atoms with E-state index in [4.69, 9.17) is 11.6 Å². The number of hydrogen-bond donors (Lipinski definition) is 2. The van der Waals surface area contributed by atoms with E-state index in [1.54, 1.807) is 10.7 Å². The van der Waals surface area contributed by atoms with E-state index in [2.05, 4.69) is 20.4 Å². The van der Waals surface area contributed by atoms with Crippen LogP contribution in [0, 0.1) is 6.92 Å². The molecule has 2 N–H and O–H groups in total. The van der Waals surface area contributed by atoms with Crippen molar-refractivity contribution in [2.45, 2.75) is 44.8 Å². The number of aryl methyl sites for hydroxylation is 1. The number of benzene rings is 1. The largest absolute Gasteiger partial charge is 0.393 e. The number of carbonyl (C=O) groups is 1. The molecule has 1 aromatic carbocycles. The van der Waals surface area contributed by atoms with Gasteiger partial charge in [0.05, 0.1) is 27.9 Å². The fourth-order valence-electron chi connectivity index (χ4n) is 3.46. The number of hydrogen-bond acceptors (Lipinski definition) is 5. The van der Waals surface area contributed by atoms with Gasteiger partial charge in [0.15, 0.2) is 0 Å². The lowest BCUT2D eigenvalue weighted by atomic mass is 9.93. The summed E-state index contributed by atoms with van der Waals surface area (Å²) in [6, 6.07) is 5.70. The normalized spacial score (nSPS) is 20.0. The summed E-state index contributed by atoms with van der Waals surface area (Å²) in [4.78, 5) is 21.0. The zero-order valence-electron chi connectivity index (χ0n) is 14.9. The molecular weight excluding hydrogens is 366 g/mol. The van der Waals surface area contributed by atoms with E-state index < -0.39 is 0 Å². The van der Waals surface area contributed by atoms with Crippen molar-refractivity contribution in [3.05, 3.63) is 46.9 Å². The number of nitrogens with zero attached hydrogens (tertiary/aromatic N) is 4. The number of halogens is 1. The van der Waals surface area contributed by atoms with Gasteiger partial charge in [0.1, 0.15) is 0 Å². The summed E-state index contributed by atoms with van der Waals surface area (Å²) in [5, 5.41) is 18.5. The maximum absolute atomic E-state index is 12.4. The van der Waals surface area contributed by atoms with Gasteiger partial charge in [0, 0.05) is 23.8 Å². The van der Waals surface area contributed by atoms with Crippen molar-refractivity contribution in [3.8, 4) is 5.95 Å². The lowest BCUT2D eigenvalue weighted by Gasteiger charge is -2.26. The van der Waals surface area contributed by atoms with Gasteiger partial charge in [-0.25, -0.2) is 9.97 Å². The zero-order chi connectivity index (χ0) is 19.0. The van der Waals surface area contributed by atoms with E-state index >= 15 is 0 Å². The summed E-state index contributed by atoms with van der Waals surface area (Å²) in [6.45, 7) is 1.90. The first-order valence-electron chi connectivity index (χ1n) is 8.98. The van der Waals surface area contributed by atoms with Gasteiger partial charge in [-0.2, -0.15) is 9.78 Å². The summed E-state index contributed by atoms with van der Waals surface area (Å²) < 4.78 is 1.59. The molecule has 0 unspecified atom stereocenters. The topological polar surface area (TPSA) is 92.9 Å². The van der Waals surface area contributed by atoms with Gasteiger partial charge >= 0.3 is 0 Å². The molecule has 0 radical (unpaired) electrons. The Kier molecular flexibility index (Phi) is 4.80. The van der Waals surface area contributed by atoms with Gasteiger partial charge in [-0.05, 0) is 38.7 Å². The minimum Gasteiger partial charge on any atom is -0.393 e. The average molecular weight is 386 g/mol. The van der Waals surface area contributed by atoms with Crippen LogP contribution >= 0.6 is 11.6 Å². The Balaban J connectivity index is 1.55. The monoisotopic (exact) mass is 385 g/mol. The molecule has 0 spiro atoms. The predicted molar refractivity (Wildman–Crippen MR) is 102 cm³/mol. The van der Waals surface area contributed by atoms with Crippen LogP contribution in [0.15, 0.2) is 30.6 Å². The van der Waals surface area contributed by atoms with Crippen LogP contribution in [0.4, 0.5) is 0 Å². The van der Waals surface area contributed by atoms with E-state index in [9.17, 15) is 9.90 Å². The van der Waals surface area contributed by atoms with E-state index in [0.29, 0.717) is 29.4 Å². The van der Waals surface area contributed by atoms with Crippen molar-refractivity contribution in [2.75, 3.05) is 0 Å². The molecule has 0 bridgehead atoms. The Morgan fingerprint density at radius 1 is 1.22 bits per heavy atom. The summed E-state index contributed by atoms with van der Waals surface area (Å²) in [5.41, 5.74) is 1.97. The van der Waals surface area contributed by atoms with Crippen molar-refractivity contribution in [1.82, 2.24) is 25.1 Å². The highest BCUT2D eigenvalue weighted by Crippen LogP contribution is 2.27. The Morgan fingerprint density at radius 3 is 2.63 bits per heavy atom. The molecule has 2 aromatic heterocycles. The molecule has 3 aromatic rings. The minimum atomic E-state index is -0.250. The van der Waals surface area contributed by atoms with Gasteiger partial charge in [0.25, 0.3) is 11.9 Å². The Morgan fingerprint density at radius 2 is 1.93 bits per heavy atom. The number of carbonyl (C=O) groups excluding carboxylic acids is 1. The van der Waals surface area contributed by atoms with Gasteiger partial charge in [0.2, 0.25) is 0 Å². The molecule has 2 heterocycles. The molecule has 0 aliphatic heterocycles. The third kappa shape index (κ3) is 3.52. The summed E-state index contributed by atoms with van der Waals surface area (Å²) in [5.74, 6) is 0.154. The standard InChI is InChI=1S/C19H20ClN5O2/c1-11-15-3-2-4-16(20)17(15)25(24-11)19-21-9-12(10-22-19)18(27)23-13-5-7-14(26)8-6-13/h2-4,9-10,13-14,26H,5-8H2,1H3,(H,23,27). The highest BCUT2D eigenvalue weighted by Gasteiger charge is 2.22. The molecule has 1 amide bonds. The molecule has 4 rings (SSSR count). The molecule has 140 valence electrons. The first-order valence-corrected chi connectivity index (χ1v) is 9.36. The predicted octanol–water partition coefficient (Wildman–Crippen LogP) is 2.81. The highest BCUT2D eigenvalue weighted by atomic mass is 35.5. The number of aliphatic hydroxyl groups is 1. The van der Waals surface area contributed by atoms with Gasteiger partial charge in [-0.1, -0.05) is 23.7 Å². The lowest BCUT2D eigenvalue weighted by Crippen LogP contribution is -2.38. The number of nitrogens with one attached hydrogen (secondary N) is 1. The second-order valence-corrected chi connectivity index (χ2v) is 7.29.